The van der Waals surface area contributed by atoms with Crippen LogP contribution in [-0.2, 0) is 0 Å². The number of hydrogen-bond donors (Lipinski definition) is 1. The second-order valence-corrected chi connectivity index (χ2v) is 4.25. The van der Waals surface area contributed by atoms with Gasteiger partial charge in [0.15, 0.2) is 0 Å². The molecule has 1 aromatic carbocycles. The van der Waals surface area contributed by atoms with Crippen LogP contribution in [0.5, 0.6) is 0 Å². The van der Waals surface area contributed by atoms with E-state index in [1.54, 1.807) is 0 Å². The zero-order valence-electron chi connectivity index (χ0n) is 10.7. The van der Waals surface area contributed by atoms with Gasteiger partial charge in [-0.3, -0.25) is 0 Å². The van der Waals surface area contributed by atoms with Crippen LogP contribution in [0.15, 0.2) is 22.7 Å². The van der Waals surface area contributed by atoms with Crippen molar-refractivity contribution in [2.24, 2.45) is 0 Å². The molecular formula is C13H16FN3O. The van der Waals surface area contributed by atoms with Crippen molar-refractivity contribution < 1.29 is 8.91 Å². The summed E-state index contributed by atoms with van der Waals surface area (Å²) in [4.78, 5) is 4.27. The summed E-state index contributed by atoms with van der Waals surface area (Å²) in [5, 5.41) is 7.06. The number of nitrogens with zero attached hydrogens (tertiary/aromatic N) is 2. The molecule has 0 aliphatic carbocycles. The van der Waals surface area contributed by atoms with Crippen LogP contribution in [0.1, 0.15) is 31.3 Å². The van der Waals surface area contributed by atoms with Crippen molar-refractivity contribution in [2.75, 3.05) is 6.54 Å². The van der Waals surface area contributed by atoms with Crippen LogP contribution in [0.25, 0.3) is 11.4 Å². The van der Waals surface area contributed by atoms with Crippen molar-refractivity contribution in [2.45, 2.75) is 26.8 Å². The highest BCUT2D eigenvalue weighted by Crippen LogP contribution is 2.20. The molecule has 1 N–H and O–H groups in total. The Labute approximate surface area is 105 Å². The Bertz CT molecular complexity index is 519. The van der Waals surface area contributed by atoms with E-state index in [-0.39, 0.29) is 11.9 Å². The number of halogens is 1. The Morgan fingerprint density at radius 3 is 2.83 bits per heavy atom. The fourth-order valence-electron chi connectivity index (χ4n) is 1.79. The maximum atomic E-state index is 13.3. The van der Waals surface area contributed by atoms with Gasteiger partial charge in [-0.15, -0.1) is 0 Å². The topological polar surface area (TPSA) is 51.0 Å². The second-order valence-electron chi connectivity index (χ2n) is 4.25. The molecule has 2 rings (SSSR count). The Kier molecular flexibility index (Phi) is 3.72. The van der Waals surface area contributed by atoms with Gasteiger partial charge in [-0.25, -0.2) is 4.39 Å². The fourth-order valence-corrected chi connectivity index (χ4v) is 1.79. The third-order valence-corrected chi connectivity index (χ3v) is 2.62. The van der Waals surface area contributed by atoms with E-state index in [2.05, 4.69) is 15.5 Å². The van der Waals surface area contributed by atoms with Crippen molar-refractivity contribution >= 4 is 0 Å². The number of rotatable bonds is 4. The van der Waals surface area contributed by atoms with Crippen molar-refractivity contribution in [3.05, 3.63) is 35.5 Å². The lowest BCUT2D eigenvalue weighted by Crippen LogP contribution is -2.17. The van der Waals surface area contributed by atoms with Gasteiger partial charge in [-0.1, -0.05) is 12.1 Å². The Morgan fingerprint density at radius 2 is 2.17 bits per heavy atom. The minimum atomic E-state index is -0.295. The number of hydrogen-bond acceptors (Lipinski definition) is 4. The van der Waals surface area contributed by atoms with Crippen LogP contribution in [0.4, 0.5) is 4.39 Å². The Morgan fingerprint density at radius 1 is 1.39 bits per heavy atom. The summed E-state index contributed by atoms with van der Waals surface area (Å²) < 4.78 is 18.5. The molecule has 1 atom stereocenters. The van der Waals surface area contributed by atoms with E-state index in [9.17, 15) is 4.39 Å². The van der Waals surface area contributed by atoms with Gasteiger partial charge in [0, 0.05) is 5.56 Å². The number of aryl methyl sites for hydroxylation is 1. The van der Waals surface area contributed by atoms with Crippen LogP contribution < -0.4 is 5.32 Å². The predicted molar refractivity (Wildman–Crippen MR) is 66.5 cm³/mol. The smallest absolute Gasteiger partial charge is 0.243 e. The van der Waals surface area contributed by atoms with E-state index in [0.717, 1.165) is 12.1 Å². The van der Waals surface area contributed by atoms with Gasteiger partial charge in [0.2, 0.25) is 11.7 Å². The van der Waals surface area contributed by atoms with Crippen LogP contribution >= 0.6 is 0 Å². The SMILES string of the molecule is CCNC(C)c1nc(-c2cc(C)cc(F)c2)no1. The van der Waals surface area contributed by atoms with E-state index in [1.807, 2.05) is 26.8 Å². The monoisotopic (exact) mass is 249 g/mol. The molecule has 4 nitrogen and oxygen atoms in total. The molecule has 0 amide bonds. The highest BCUT2D eigenvalue weighted by atomic mass is 19.1. The highest BCUT2D eigenvalue weighted by Gasteiger charge is 2.14. The summed E-state index contributed by atoms with van der Waals surface area (Å²) in [5.41, 5.74) is 1.46. The van der Waals surface area contributed by atoms with Crippen molar-refractivity contribution in [1.29, 1.82) is 0 Å². The third-order valence-electron chi connectivity index (χ3n) is 2.62. The van der Waals surface area contributed by atoms with Gasteiger partial charge in [0.05, 0.1) is 6.04 Å². The first-order valence-corrected chi connectivity index (χ1v) is 5.94. The fraction of sp³-hybridized carbons (Fsp3) is 0.385. The second kappa shape index (κ2) is 5.27. The Balaban J connectivity index is 2.29. The molecule has 0 radical (unpaired) electrons. The largest absolute Gasteiger partial charge is 0.337 e. The van der Waals surface area contributed by atoms with Gasteiger partial charge in [-0.05, 0) is 44.2 Å². The average molecular weight is 249 g/mol. The minimum Gasteiger partial charge on any atom is -0.337 e. The number of aromatic nitrogens is 2. The molecule has 0 saturated carbocycles. The summed E-state index contributed by atoms with van der Waals surface area (Å²) in [6, 6.07) is 4.69. The van der Waals surface area contributed by atoms with Gasteiger partial charge in [0.25, 0.3) is 0 Å². The minimum absolute atomic E-state index is 0.00842. The van der Waals surface area contributed by atoms with Crippen molar-refractivity contribution in [1.82, 2.24) is 15.5 Å². The van der Waals surface area contributed by atoms with Crippen LogP contribution in [0.2, 0.25) is 0 Å². The molecule has 0 saturated heterocycles. The zero-order chi connectivity index (χ0) is 13.1. The van der Waals surface area contributed by atoms with Crippen LogP contribution in [-0.4, -0.2) is 16.7 Å². The molecule has 5 heteroatoms. The molecule has 1 aromatic heterocycles. The van der Waals surface area contributed by atoms with Crippen LogP contribution in [0, 0.1) is 12.7 Å². The number of nitrogens with one attached hydrogen (secondary N) is 1. The highest BCUT2D eigenvalue weighted by molar-refractivity contribution is 5.55. The molecule has 0 bridgehead atoms. The lowest BCUT2D eigenvalue weighted by Gasteiger charge is -2.05. The maximum absolute atomic E-state index is 13.3. The normalized spacial score (nSPS) is 12.7. The summed E-state index contributed by atoms with van der Waals surface area (Å²) in [6.45, 7) is 6.59. The van der Waals surface area contributed by atoms with Crippen molar-refractivity contribution in [3.8, 4) is 11.4 Å². The number of benzene rings is 1. The first-order chi connectivity index (χ1) is 8.60. The lowest BCUT2D eigenvalue weighted by molar-refractivity contribution is 0.342. The third kappa shape index (κ3) is 2.73. The molecule has 0 aliphatic heterocycles. The molecule has 0 fully saturated rings. The molecule has 18 heavy (non-hydrogen) atoms. The molecule has 1 unspecified atom stereocenters. The van der Waals surface area contributed by atoms with Gasteiger partial charge >= 0.3 is 0 Å². The first kappa shape index (κ1) is 12.7. The molecule has 1 heterocycles. The quantitative estimate of drug-likeness (QED) is 0.905. The summed E-state index contributed by atoms with van der Waals surface area (Å²) in [5.74, 6) is 0.627. The van der Waals surface area contributed by atoms with Gasteiger partial charge in [-0.2, -0.15) is 4.98 Å². The van der Waals surface area contributed by atoms with E-state index < -0.39 is 0 Å². The molecule has 0 spiro atoms. The summed E-state index contributed by atoms with van der Waals surface area (Å²) in [6.07, 6.45) is 0. The molecular weight excluding hydrogens is 233 g/mol. The summed E-state index contributed by atoms with van der Waals surface area (Å²) in [7, 11) is 0. The Hall–Kier alpha value is -1.75. The van der Waals surface area contributed by atoms with Gasteiger partial charge in [0.1, 0.15) is 5.82 Å². The maximum Gasteiger partial charge on any atom is 0.243 e. The molecule has 2 aromatic rings. The average Bonchev–Trinajstić information content (AvgIpc) is 2.77. The van der Waals surface area contributed by atoms with Crippen molar-refractivity contribution in [3.63, 3.8) is 0 Å². The lowest BCUT2D eigenvalue weighted by atomic mass is 10.1. The van der Waals surface area contributed by atoms with Gasteiger partial charge < -0.3 is 9.84 Å². The summed E-state index contributed by atoms with van der Waals surface area (Å²) >= 11 is 0. The van der Waals surface area contributed by atoms with E-state index in [0.29, 0.717) is 17.3 Å². The molecule has 0 aliphatic rings. The van der Waals surface area contributed by atoms with Crippen LogP contribution in [0.3, 0.4) is 0 Å². The van der Waals surface area contributed by atoms with E-state index >= 15 is 0 Å². The standard InChI is InChI=1S/C13H16FN3O/c1-4-15-9(3)13-16-12(17-18-13)10-5-8(2)6-11(14)7-10/h5-7,9,15H,4H2,1-3H3. The zero-order valence-corrected chi connectivity index (χ0v) is 10.7. The van der Waals surface area contributed by atoms with E-state index in [4.69, 9.17) is 4.52 Å². The van der Waals surface area contributed by atoms with E-state index in [1.165, 1.54) is 12.1 Å². The first-order valence-electron chi connectivity index (χ1n) is 5.94. The molecule has 96 valence electrons. The predicted octanol–water partition coefficient (Wildman–Crippen LogP) is 2.85.